The number of thioether (sulfide) groups is 1. The van der Waals surface area contributed by atoms with Crippen molar-refractivity contribution in [3.8, 4) is 0 Å². The van der Waals surface area contributed by atoms with Crippen LogP contribution in [0.15, 0.2) is 46.9 Å². The average molecular weight is 299 g/mol. The summed E-state index contributed by atoms with van der Waals surface area (Å²) in [6.45, 7) is 0. The van der Waals surface area contributed by atoms with Crippen LogP contribution in [0.3, 0.4) is 0 Å². The standard InChI is InChI=1S/C15H13N3S2/c1-2-4-13-10(3-1)12(6-8-19-13)18-14-11-5-7-20-15(11)17-9-16-14/h1-5,7,9,12H,6,8H2,(H,16,17,18)/t12-/m0/s1. The van der Waals surface area contributed by atoms with E-state index >= 15 is 0 Å². The Morgan fingerprint density at radius 3 is 3.10 bits per heavy atom. The fourth-order valence-electron chi connectivity index (χ4n) is 2.56. The highest BCUT2D eigenvalue weighted by Crippen LogP contribution is 2.38. The molecule has 1 aliphatic heterocycles. The molecule has 0 bridgehead atoms. The van der Waals surface area contributed by atoms with Gasteiger partial charge in [-0.1, -0.05) is 18.2 Å². The van der Waals surface area contributed by atoms with E-state index in [0.29, 0.717) is 6.04 Å². The predicted octanol–water partition coefficient (Wildman–Crippen LogP) is 4.34. The zero-order valence-corrected chi connectivity index (χ0v) is 12.4. The molecule has 1 aromatic carbocycles. The maximum Gasteiger partial charge on any atom is 0.138 e. The van der Waals surface area contributed by atoms with Crippen molar-refractivity contribution in [1.82, 2.24) is 9.97 Å². The fraction of sp³-hybridized carbons (Fsp3) is 0.200. The molecule has 3 nitrogen and oxygen atoms in total. The van der Waals surface area contributed by atoms with Gasteiger partial charge in [-0.15, -0.1) is 23.1 Å². The van der Waals surface area contributed by atoms with Crippen LogP contribution in [-0.4, -0.2) is 15.7 Å². The van der Waals surface area contributed by atoms with Crippen LogP contribution in [0, 0.1) is 0 Å². The van der Waals surface area contributed by atoms with Crippen molar-refractivity contribution in [1.29, 1.82) is 0 Å². The Balaban J connectivity index is 1.72. The van der Waals surface area contributed by atoms with Crippen LogP contribution >= 0.6 is 23.1 Å². The smallest absolute Gasteiger partial charge is 0.138 e. The third-order valence-electron chi connectivity index (χ3n) is 3.53. The summed E-state index contributed by atoms with van der Waals surface area (Å²) in [5.41, 5.74) is 1.38. The molecule has 1 N–H and O–H groups in total. The first-order valence-corrected chi connectivity index (χ1v) is 8.45. The van der Waals surface area contributed by atoms with Crippen LogP contribution < -0.4 is 5.32 Å². The first-order chi connectivity index (χ1) is 9.92. The fourth-order valence-corrected chi connectivity index (χ4v) is 4.42. The molecule has 2 aromatic heterocycles. The molecule has 0 saturated carbocycles. The van der Waals surface area contributed by atoms with E-state index in [9.17, 15) is 0 Å². The minimum atomic E-state index is 0.338. The largest absolute Gasteiger partial charge is 0.363 e. The molecule has 1 aliphatic rings. The van der Waals surface area contributed by atoms with E-state index < -0.39 is 0 Å². The van der Waals surface area contributed by atoms with Gasteiger partial charge < -0.3 is 5.32 Å². The predicted molar refractivity (Wildman–Crippen MR) is 85.6 cm³/mol. The summed E-state index contributed by atoms with van der Waals surface area (Å²) >= 11 is 3.59. The summed E-state index contributed by atoms with van der Waals surface area (Å²) in [6.07, 6.45) is 2.77. The van der Waals surface area contributed by atoms with Crippen LogP contribution in [0.4, 0.5) is 5.82 Å². The third kappa shape index (κ3) is 2.07. The number of rotatable bonds is 2. The molecule has 0 fully saturated rings. The summed E-state index contributed by atoms with van der Waals surface area (Å²) in [4.78, 5) is 11.2. The maximum atomic E-state index is 4.42. The first-order valence-electron chi connectivity index (χ1n) is 6.58. The molecule has 0 spiro atoms. The number of thiophene rings is 1. The second kappa shape index (κ2) is 5.07. The molecular weight excluding hydrogens is 286 g/mol. The summed E-state index contributed by atoms with van der Waals surface area (Å²) in [7, 11) is 0. The Kier molecular flexibility index (Phi) is 3.09. The van der Waals surface area contributed by atoms with Gasteiger partial charge in [-0.05, 0) is 29.5 Å². The van der Waals surface area contributed by atoms with Gasteiger partial charge in [-0.3, -0.25) is 0 Å². The molecule has 1 atom stereocenters. The second-order valence-corrected chi connectivity index (χ2v) is 6.76. The molecular formula is C15H13N3S2. The molecule has 3 heterocycles. The number of fused-ring (bicyclic) bond motifs is 2. The molecule has 0 unspecified atom stereocenters. The highest BCUT2D eigenvalue weighted by Gasteiger charge is 2.21. The second-order valence-electron chi connectivity index (χ2n) is 4.73. The van der Waals surface area contributed by atoms with Crippen molar-refractivity contribution in [2.24, 2.45) is 0 Å². The van der Waals surface area contributed by atoms with Crippen molar-refractivity contribution >= 4 is 39.1 Å². The Morgan fingerprint density at radius 1 is 1.15 bits per heavy atom. The molecule has 100 valence electrons. The quantitative estimate of drug-likeness (QED) is 0.764. The van der Waals surface area contributed by atoms with Gasteiger partial charge in [-0.25, -0.2) is 9.97 Å². The van der Waals surface area contributed by atoms with E-state index in [4.69, 9.17) is 0 Å². The van der Waals surface area contributed by atoms with Crippen molar-refractivity contribution in [2.45, 2.75) is 17.4 Å². The number of nitrogens with one attached hydrogen (secondary N) is 1. The lowest BCUT2D eigenvalue weighted by molar-refractivity contribution is 0.725. The van der Waals surface area contributed by atoms with Crippen LogP contribution in [-0.2, 0) is 0 Å². The molecule has 0 aliphatic carbocycles. The Morgan fingerprint density at radius 2 is 2.10 bits per heavy atom. The van der Waals surface area contributed by atoms with Gasteiger partial charge >= 0.3 is 0 Å². The van der Waals surface area contributed by atoms with Gasteiger partial charge in [0.05, 0.1) is 11.4 Å². The van der Waals surface area contributed by atoms with Crippen molar-refractivity contribution in [2.75, 3.05) is 11.1 Å². The first kappa shape index (κ1) is 12.2. The topological polar surface area (TPSA) is 37.8 Å². The normalized spacial score (nSPS) is 17.9. The van der Waals surface area contributed by atoms with E-state index in [2.05, 4.69) is 51.0 Å². The van der Waals surface area contributed by atoms with Gasteiger partial charge in [0.15, 0.2) is 0 Å². The molecule has 4 rings (SSSR count). The van der Waals surface area contributed by atoms with Gasteiger partial charge in [0.2, 0.25) is 0 Å². The maximum absolute atomic E-state index is 4.42. The Bertz CT molecular complexity index is 753. The van der Waals surface area contributed by atoms with Crippen LogP contribution in [0.25, 0.3) is 10.2 Å². The molecule has 0 radical (unpaired) electrons. The van der Waals surface area contributed by atoms with Gasteiger partial charge in [0.25, 0.3) is 0 Å². The van der Waals surface area contributed by atoms with E-state index in [1.165, 1.54) is 10.5 Å². The molecule has 3 aromatic rings. The lowest BCUT2D eigenvalue weighted by atomic mass is 10.0. The van der Waals surface area contributed by atoms with Crippen molar-refractivity contribution in [3.05, 3.63) is 47.6 Å². The molecule has 20 heavy (non-hydrogen) atoms. The number of aromatic nitrogens is 2. The van der Waals surface area contributed by atoms with E-state index in [-0.39, 0.29) is 0 Å². The summed E-state index contributed by atoms with van der Waals surface area (Å²) in [6, 6.07) is 11.1. The van der Waals surface area contributed by atoms with E-state index in [0.717, 1.165) is 28.2 Å². The zero-order valence-electron chi connectivity index (χ0n) is 10.7. The van der Waals surface area contributed by atoms with Crippen molar-refractivity contribution < 1.29 is 0 Å². The third-order valence-corrected chi connectivity index (χ3v) is 5.47. The number of benzene rings is 1. The number of anilines is 1. The van der Waals surface area contributed by atoms with Gasteiger partial charge in [0.1, 0.15) is 17.0 Å². The van der Waals surface area contributed by atoms with Crippen LogP contribution in [0.1, 0.15) is 18.0 Å². The summed E-state index contributed by atoms with van der Waals surface area (Å²) in [5, 5.41) is 6.79. The van der Waals surface area contributed by atoms with E-state index in [1.807, 2.05) is 11.8 Å². The van der Waals surface area contributed by atoms with Crippen LogP contribution in [0.5, 0.6) is 0 Å². The average Bonchev–Trinajstić information content (AvgIpc) is 2.97. The summed E-state index contributed by atoms with van der Waals surface area (Å²) < 4.78 is 0. The minimum Gasteiger partial charge on any atom is -0.363 e. The zero-order chi connectivity index (χ0) is 13.4. The molecule has 5 heteroatoms. The van der Waals surface area contributed by atoms with Crippen LogP contribution in [0.2, 0.25) is 0 Å². The molecule has 0 amide bonds. The van der Waals surface area contributed by atoms with Gasteiger partial charge in [0, 0.05) is 10.6 Å². The highest BCUT2D eigenvalue weighted by molar-refractivity contribution is 7.99. The minimum absolute atomic E-state index is 0.338. The highest BCUT2D eigenvalue weighted by atomic mass is 32.2. The Labute approximate surface area is 125 Å². The lowest BCUT2D eigenvalue weighted by Crippen LogP contribution is -2.16. The van der Waals surface area contributed by atoms with Gasteiger partial charge in [-0.2, -0.15) is 0 Å². The number of hydrogen-bond donors (Lipinski definition) is 1. The monoisotopic (exact) mass is 299 g/mol. The van der Waals surface area contributed by atoms with Crippen molar-refractivity contribution in [3.63, 3.8) is 0 Å². The number of hydrogen-bond acceptors (Lipinski definition) is 5. The lowest BCUT2D eigenvalue weighted by Gasteiger charge is -2.26. The SMILES string of the molecule is c1ccc2c(c1)SCC[C@@H]2Nc1ncnc2sccc12. The molecule has 0 saturated heterocycles. The Hall–Kier alpha value is -1.59. The van der Waals surface area contributed by atoms with E-state index in [1.54, 1.807) is 17.7 Å². The summed E-state index contributed by atoms with van der Waals surface area (Å²) in [5.74, 6) is 2.09. The number of nitrogens with zero attached hydrogens (tertiary/aromatic N) is 2.